The molecular formula is C23H30N2O2. The Balaban J connectivity index is 1.37. The maximum absolute atomic E-state index is 13.4. The molecule has 1 aromatic carbocycles. The maximum atomic E-state index is 13.4. The zero-order chi connectivity index (χ0) is 18.4. The quantitative estimate of drug-likeness (QED) is 0.858. The van der Waals surface area contributed by atoms with E-state index < -0.39 is 0 Å². The van der Waals surface area contributed by atoms with Crippen molar-refractivity contribution in [2.24, 2.45) is 23.2 Å². The van der Waals surface area contributed by atoms with Gasteiger partial charge in [-0.2, -0.15) is 0 Å². The molecule has 4 heteroatoms. The molecule has 144 valence electrons. The fourth-order valence-electron chi connectivity index (χ4n) is 6.69. The number of amides is 2. The van der Waals surface area contributed by atoms with E-state index in [1.54, 1.807) is 0 Å². The molecule has 2 amide bonds. The average Bonchev–Trinajstić information content (AvgIpc) is 2.67. The first kappa shape index (κ1) is 17.3. The van der Waals surface area contributed by atoms with Crippen LogP contribution in [0, 0.1) is 23.2 Å². The van der Waals surface area contributed by atoms with Crippen LogP contribution in [0.4, 0.5) is 5.69 Å². The number of carbonyl (C=O) groups is 2. The Morgan fingerprint density at radius 2 is 1.48 bits per heavy atom. The number of para-hydroxylation sites is 1. The molecule has 0 aromatic heterocycles. The van der Waals surface area contributed by atoms with Gasteiger partial charge in [-0.3, -0.25) is 9.59 Å². The molecule has 5 aliphatic rings. The largest absolute Gasteiger partial charge is 0.339 e. The number of nitrogens with one attached hydrogen (secondary N) is 1. The Morgan fingerprint density at radius 3 is 2.11 bits per heavy atom. The number of nitrogens with zero attached hydrogens (tertiary/aromatic N) is 1. The summed E-state index contributed by atoms with van der Waals surface area (Å²) in [7, 11) is 0. The van der Waals surface area contributed by atoms with Gasteiger partial charge < -0.3 is 10.2 Å². The fourth-order valence-corrected chi connectivity index (χ4v) is 6.69. The van der Waals surface area contributed by atoms with E-state index in [1.807, 2.05) is 29.2 Å². The van der Waals surface area contributed by atoms with Crippen LogP contribution in [-0.4, -0.2) is 29.8 Å². The van der Waals surface area contributed by atoms with E-state index in [9.17, 15) is 9.59 Å². The van der Waals surface area contributed by atoms with Crippen LogP contribution in [0.1, 0.15) is 68.1 Å². The summed E-state index contributed by atoms with van der Waals surface area (Å²) in [6, 6.07) is 7.58. The highest BCUT2D eigenvalue weighted by molar-refractivity contribution is 6.05. The maximum Gasteiger partial charge on any atom is 0.255 e. The Hall–Kier alpha value is -1.84. The summed E-state index contributed by atoms with van der Waals surface area (Å²) in [4.78, 5) is 28.3. The Bertz CT molecular complexity index is 715. The van der Waals surface area contributed by atoms with Crippen LogP contribution in [0.2, 0.25) is 0 Å². The first-order valence-corrected chi connectivity index (χ1v) is 10.8. The number of benzene rings is 1. The third kappa shape index (κ3) is 3.07. The lowest BCUT2D eigenvalue weighted by atomic mass is 9.49. The molecule has 4 bridgehead atoms. The minimum Gasteiger partial charge on any atom is -0.339 e. The lowest BCUT2D eigenvalue weighted by Gasteiger charge is -2.55. The first-order valence-electron chi connectivity index (χ1n) is 10.8. The highest BCUT2D eigenvalue weighted by Crippen LogP contribution is 2.60. The molecule has 1 heterocycles. The molecule has 1 N–H and O–H groups in total. The number of piperidine rings is 1. The van der Waals surface area contributed by atoms with Gasteiger partial charge in [-0.05, 0) is 87.7 Å². The van der Waals surface area contributed by atoms with Crippen LogP contribution in [0.15, 0.2) is 24.3 Å². The molecule has 4 saturated carbocycles. The highest BCUT2D eigenvalue weighted by atomic mass is 16.2. The van der Waals surface area contributed by atoms with Crippen LogP contribution in [0.5, 0.6) is 0 Å². The number of likely N-dealkylation sites (tertiary alicyclic amines) is 1. The number of hydrogen-bond acceptors (Lipinski definition) is 2. The van der Waals surface area contributed by atoms with Gasteiger partial charge in [0.15, 0.2) is 0 Å². The van der Waals surface area contributed by atoms with Crippen LogP contribution in [0.25, 0.3) is 0 Å². The van der Waals surface area contributed by atoms with Crippen LogP contribution in [0.3, 0.4) is 0 Å². The Morgan fingerprint density at radius 1 is 0.889 bits per heavy atom. The van der Waals surface area contributed by atoms with Crippen LogP contribution >= 0.6 is 0 Å². The second-order valence-electron chi connectivity index (χ2n) is 9.55. The predicted molar refractivity (Wildman–Crippen MR) is 105 cm³/mol. The second kappa shape index (κ2) is 6.65. The van der Waals surface area contributed by atoms with E-state index >= 15 is 0 Å². The topological polar surface area (TPSA) is 49.4 Å². The normalized spacial score (nSPS) is 34.5. The van der Waals surface area contributed by atoms with Crippen LogP contribution in [-0.2, 0) is 4.79 Å². The molecule has 1 aliphatic heterocycles. The summed E-state index contributed by atoms with van der Waals surface area (Å²) in [5, 5.41) is 3.20. The Labute approximate surface area is 161 Å². The molecular weight excluding hydrogens is 336 g/mol. The molecule has 1 aromatic rings. The van der Waals surface area contributed by atoms with Crippen molar-refractivity contribution in [1.82, 2.24) is 4.90 Å². The van der Waals surface area contributed by atoms with Gasteiger partial charge in [0.2, 0.25) is 5.91 Å². The zero-order valence-corrected chi connectivity index (χ0v) is 16.1. The highest BCUT2D eigenvalue weighted by Gasteiger charge is 2.54. The molecule has 5 fully saturated rings. The van der Waals surface area contributed by atoms with Crippen molar-refractivity contribution < 1.29 is 9.59 Å². The van der Waals surface area contributed by atoms with E-state index in [0.29, 0.717) is 11.3 Å². The third-order valence-corrected chi connectivity index (χ3v) is 7.57. The molecule has 0 radical (unpaired) electrons. The first-order chi connectivity index (χ1) is 13.1. The lowest BCUT2D eigenvalue weighted by molar-refractivity contribution is -0.140. The second-order valence-corrected chi connectivity index (χ2v) is 9.55. The summed E-state index contributed by atoms with van der Waals surface area (Å²) in [6.07, 6.45) is 10.5. The summed E-state index contributed by atoms with van der Waals surface area (Å²) in [5.74, 6) is 2.46. The van der Waals surface area contributed by atoms with Gasteiger partial charge in [0, 0.05) is 13.1 Å². The van der Waals surface area contributed by atoms with Crippen molar-refractivity contribution in [2.75, 3.05) is 18.4 Å². The van der Waals surface area contributed by atoms with Crippen molar-refractivity contribution in [1.29, 1.82) is 0 Å². The number of hydrogen-bond donors (Lipinski definition) is 1. The van der Waals surface area contributed by atoms with Crippen molar-refractivity contribution in [3.05, 3.63) is 29.8 Å². The smallest absolute Gasteiger partial charge is 0.255 e. The summed E-state index contributed by atoms with van der Waals surface area (Å²) in [6.45, 7) is 1.66. The van der Waals surface area contributed by atoms with E-state index in [0.717, 1.165) is 62.9 Å². The molecule has 0 unspecified atom stereocenters. The Kier molecular flexibility index (Phi) is 4.25. The minimum atomic E-state index is -0.184. The summed E-state index contributed by atoms with van der Waals surface area (Å²) in [5.41, 5.74) is 1.17. The molecule has 0 spiro atoms. The minimum absolute atomic E-state index is 0.0658. The van der Waals surface area contributed by atoms with Gasteiger partial charge in [-0.1, -0.05) is 12.1 Å². The SMILES string of the molecule is O=C(c1ccccc1NC(=O)C12CC3CC(CC(C3)C1)C2)N1CCCCC1. The van der Waals surface area contributed by atoms with Gasteiger partial charge in [0.25, 0.3) is 5.91 Å². The molecule has 4 nitrogen and oxygen atoms in total. The zero-order valence-electron chi connectivity index (χ0n) is 16.1. The van der Waals surface area contributed by atoms with Crippen molar-refractivity contribution in [3.8, 4) is 0 Å². The molecule has 4 aliphatic carbocycles. The van der Waals surface area contributed by atoms with Crippen molar-refractivity contribution in [3.63, 3.8) is 0 Å². The number of rotatable bonds is 3. The van der Waals surface area contributed by atoms with E-state index in [2.05, 4.69) is 5.32 Å². The van der Waals surface area contributed by atoms with Gasteiger partial charge in [-0.15, -0.1) is 0 Å². The molecule has 6 rings (SSSR count). The fraction of sp³-hybridized carbons (Fsp3) is 0.652. The van der Waals surface area contributed by atoms with Gasteiger partial charge >= 0.3 is 0 Å². The standard InChI is InChI=1S/C23H30N2O2/c26-21(25-8-4-1-5-9-25)19-6-2-3-7-20(19)24-22(27)23-13-16-10-17(14-23)12-18(11-16)15-23/h2-3,6-7,16-18H,1,4-5,8-15H2,(H,24,27). The van der Waals surface area contributed by atoms with Crippen molar-refractivity contribution in [2.45, 2.75) is 57.8 Å². The monoisotopic (exact) mass is 366 g/mol. The number of carbonyl (C=O) groups excluding carboxylic acids is 2. The van der Waals surface area contributed by atoms with Crippen molar-refractivity contribution >= 4 is 17.5 Å². The lowest BCUT2D eigenvalue weighted by Crippen LogP contribution is -2.51. The van der Waals surface area contributed by atoms with Gasteiger partial charge in [0.1, 0.15) is 0 Å². The van der Waals surface area contributed by atoms with E-state index in [4.69, 9.17) is 0 Å². The molecule has 27 heavy (non-hydrogen) atoms. The molecule has 0 atom stereocenters. The predicted octanol–water partition coefficient (Wildman–Crippen LogP) is 4.47. The summed E-state index contributed by atoms with van der Waals surface area (Å²) < 4.78 is 0. The van der Waals surface area contributed by atoms with Gasteiger partial charge in [-0.25, -0.2) is 0 Å². The van der Waals surface area contributed by atoms with E-state index in [1.165, 1.54) is 25.7 Å². The van der Waals surface area contributed by atoms with E-state index in [-0.39, 0.29) is 17.2 Å². The summed E-state index contributed by atoms with van der Waals surface area (Å²) >= 11 is 0. The third-order valence-electron chi connectivity index (χ3n) is 7.57. The average molecular weight is 367 g/mol. The molecule has 1 saturated heterocycles. The number of anilines is 1. The van der Waals surface area contributed by atoms with Gasteiger partial charge in [0.05, 0.1) is 16.7 Å². The van der Waals surface area contributed by atoms with Crippen LogP contribution < -0.4 is 5.32 Å².